The van der Waals surface area contributed by atoms with Gasteiger partial charge in [-0.25, -0.2) is 0 Å². The van der Waals surface area contributed by atoms with E-state index in [0.29, 0.717) is 0 Å². The Balaban J connectivity index is 2.15. The van der Waals surface area contributed by atoms with E-state index in [-0.39, 0.29) is 0 Å². The largest absolute Gasteiger partial charge is 0.159 e. The maximum atomic E-state index is 4.27. The van der Waals surface area contributed by atoms with Crippen LogP contribution in [-0.2, 0) is 0 Å². The van der Waals surface area contributed by atoms with Crippen molar-refractivity contribution in [2.24, 2.45) is 10.2 Å². The van der Waals surface area contributed by atoms with Crippen LogP contribution >= 0.6 is 31.9 Å². The Labute approximate surface area is 98.9 Å². The summed E-state index contributed by atoms with van der Waals surface area (Å²) < 4.78 is 1.79. The van der Waals surface area contributed by atoms with Crippen LogP contribution in [0.2, 0.25) is 0 Å². The zero-order chi connectivity index (χ0) is 9.97. The van der Waals surface area contributed by atoms with Gasteiger partial charge in [0.2, 0.25) is 0 Å². The van der Waals surface area contributed by atoms with Crippen LogP contribution in [0.4, 0.5) is 0 Å². The second-order valence-corrected chi connectivity index (χ2v) is 4.60. The standard InChI is InChI=1S/C8H8Br2N4/c9-7-3-1-5-13(11-7)14-6-2-4-8(10)12-14/h1-2,5-6H,3-4H2. The molecule has 0 aromatic carbocycles. The molecule has 0 spiro atoms. The summed E-state index contributed by atoms with van der Waals surface area (Å²) in [4.78, 5) is 0. The highest BCUT2D eigenvalue weighted by Gasteiger charge is 2.12. The molecule has 2 aliphatic heterocycles. The molecule has 0 saturated heterocycles. The Morgan fingerprint density at radius 3 is 1.71 bits per heavy atom. The van der Waals surface area contributed by atoms with Crippen molar-refractivity contribution in [1.29, 1.82) is 0 Å². The first-order valence-electron chi connectivity index (χ1n) is 4.13. The van der Waals surface area contributed by atoms with Gasteiger partial charge >= 0.3 is 0 Å². The molecule has 2 heterocycles. The van der Waals surface area contributed by atoms with E-state index in [1.807, 2.05) is 24.6 Å². The lowest BCUT2D eigenvalue weighted by atomic mass is 10.4. The zero-order valence-electron chi connectivity index (χ0n) is 7.27. The first-order valence-corrected chi connectivity index (χ1v) is 5.72. The number of hydrogen-bond donors (Lipinski definition) is 0. The summed E-state index contributed by atoms with van der Waals surface area (Å²) in [5.74, 6) is 0. The molecule has 0 aromatic rings. The van der Waals surface area contributed by atoms with Gasteiger partial charge in [-0.2, -0.15) is 10.2 Å². The average Bonchev–Trinajstić information content (AvgIpc) is 2.18. The SMILES string of the molecule is BrC1=NN(N2C=CCC(Br)=N2)C=CC1. The van der Waals surface area contributed by atoms with Crippen LogP contribution in [0.3, 0.4) is 0 Å². The quantitative estimate of drug-likeness (QED) is 0.744. The summed E-state index contributed by atoms with van der Waals surface area (Å²) >= 11 is 6.71. The summed E-state index contributed by atoms with van der Waals surface area (Å²) in [5.41, 5.74) is 0. The fourth-order valence-corrected chi connectivity index (χ4v) is 1.79. The van der Waals surface area contributed by atoms with Gasteiger partial charge in [-0.15, -0.1) is 10.2 Å². The molecule has 0 aromatic heterocycles. The predicted octanol–water partition coefficient (Wildman–Crippen LogP) is 2.76. The summed E-state index contributed by atoms with van der Waals surface area (Å²) in [7, 11) is 0. The minimum absolute atomic E-state index is 0.832. The Morgan fingerprint density at radius 2 is 1.36 bits per heavy atom. The van der Waals surface area contributed by atoms with E-state index in [2.05, 4.69) is 42.1 Å². The third-order valence-electron chi connectivity index (χ3n) is 1.68. The van der Waals surface area contributed by atoms with Crippen molar-refractivity contribution in [2.45, 2.75) is 12.8 Å². The lowest BCUT2D eigenvalue weighted by molar-refractivity contribution is 0.0815. The van der Waals surface area contributed by atoms with Crippen molar-refractivity contribution >= 4 is 41.1 Å². The van der Waals surface area contributed by atoms with Crippen LogP contribution in [0.25, 0.3) is 0 Å². The van der Waals surface area contributed by atoms with Gasteiger partial charge in [-0.05, 0) is 31.9 Å². The second kappa shape index (κ2) is 4.27. The molecule has 2 aliphatic rings. The monoisotopic (exact) mass is 318 g/mol. The molecule has 0 amide bonds. The van der Waals surface area contributed by atoms with Gasteiger partial charge < -0.3 is 0 Å². The second-order valence-electron chi connectivity index (χ2n) is 2.77. The van der Waals surface area contributed by atoms with Crippen LogP contribution in [0.15, 0.2) is 34.8 Å². The molecule has 0 aliphatic carbocycles. The fraction of sp³-hybridized carbons (Fsp3) is 0.250. The molecule has 0 radical (unpaired) electrons. The zero-order valence-corrected chi connectivity index (χ0v) is 10.4. The maximum absolute atomic E-state index is 4.27. The molecular weight excluding hydrogens is 312 g/mol. The van der Waals surface area contributed by atoms with Crippen molar-refractivity contribution in [3.8, 4) is 0 Å². The van der Waals surface area contributed by atoms with Crippen LogP contribution in [0.1, 0.15) is 12.8 Å². The van der Waals surface area contributed by atoms with Crippen molar-refractivity contribution in [2.75, 3.05) is 0 Å². The Hall–Kier alpha value is -0.620. The van der Waals surface area contributed by atoms with E-state index in [9.17, 15) is 0 Å². The van der Waals surface area contributed by atoms with Crippen molar-refractivity contribution in [1.82, 2.24) is 10.2 Å². The number of nitrogens with zero attached hydrogens (tertiary/aromatic N) is 4. The van der Waals surface area contributed by atoms with Crippen LogP contribution in [-0.4, -0.2) is 19.5 Å². The minimum Gasteiger partial charge on any atom is -0.159 e. The molecule has 0 saturated carbocycles. The topological polar surface area (TPSA) is 31.2 Å². The normalized spacial score (nSPS) is 21.0. The molecule has 14 heavy (non-hydrogen) atoms. The number of allylic oxidation sites excluding steroid dienone is 2. The number of hydrazine groups is 1. The number of hydrazone groups is 2. The van der Waals surface area contributed by atoms with E-state index in [0.717, 1.165) is 22.1 Å². The maximum Gasteiger partial charge on any atom is 0.109 e. The summed E-state index contributed by atoms with van der Waals surface area (Å²) in [6.07, 6.45) is 9.46. The summed E-state index contributed by atoms with van der Waals surface area (Å²) in [5, 5.41) is 11.9. The predicted molar refractivity (Wildman–Crippen MR) is 63.9 cm³/mol. The highest BCUT2D eigenvalue weighted by molar-refractivity contribution is 9.18. The number of halogens is 2. The van der Waals surface area contributed by atoms with Gasteiger partial charge in [0.05, 0.1) is 0 Å². The van der Waals surface area contributed by atoms with Gasteiger partial charge in [0, 0.05) is 25.2 Å². The molecule has 0 fully saturated rings. The van der Waals surface area contributed by atoms with Crippen LogP contribution < -0.4 is 0 Å². The van der Waals surface area contributed by atoms with E-state index in [4.69, 9.17) is 0 Å². The smallest absolute Gasteiger partial charge is 0.109 e. The van der Waals surface area contributed by atoms with E-state index in [1.54, 1.807) is 10.2 Å². The molecule has 2 rings (SSSR count). The first-order chi connectivity index (χ1) is 6.75. The molecular formula is C8H8Br2N4. The van der Waals surface area contributed by atoms with Gasteiger partial charge in [-0.1, -0.05) is 12.2 Å². The third-order valence-corrected chi connectivity index (χ3v) is 2.65. The van der Waals surface area contributed by atoms with Gasteiger partial charge in [0.1, 0.15) is 9.24 Å². The fourth-order valence-electron chi connectivity index (χ4n) is 1.09. The molecule has 6 heteroatoms. The lowest BCUT2D eigenvalue weighted by Gasteiger charge is -2.27. The highest BCUT2D eigenvalue weighted by Crippen LogP contribution is 2.16. The molecule has 0 unspecified atom stereocenters. The van der Waals surface area contributed by atoms with Gasteiger partial charge in [-0.3, -0.25) is 0 Å². The minimum atomic E-state index is 0.832. The van der Waals surface area contributed by atoms with Gasteiger partial charge in [0.15, 0.2) is 0 Å². The molecule has 0 atom stereocenters. The van der Waals surface area contributed by atoms with Crippen LogP contribution in [0, 0.1) is 0 Å². The van der Waals surface area contributed by atoms with Crippen molar-refractivity contribution in [3.05, 3.63) is 24.6 Å². The van der Waals surface area contributed by atoms with Crippen molar-refractivity contribution < 1.29 is 0 Å². The molecule has 0 bridgehead atoms. The molecule has 0 N–H and O–H groups in total. The number of hydrogen-bond acceptors (Lipinski definition) is 4. The molecule has 4 nitrogen and oxygen atoms in total. The number of rotatable bonds is 1. The summed E-state index contributed by atoms with van der Waals surface area (Å²) in [6, 6.07) is 0. The van der Waals surface area contributed by atoms with E-state index < -0.39 is 0 Å². The summed E-state index contributed by atoms with van der Waals surface area (Å²) in [6.45, 7) is 0. The first kappa shape index (κ1) is 9.92. The molecule has 74 valence electrons. The Bertz CT molecular complexity index is 311. The highest BCUT2D eigenvalue weighted by atomic mass is 79.9. The third kappa shape index (κ3) is 2.24. The lowest BCUT2D eigenvalue weighted by Crippen LogP contribution is -2.30. The van der Waals surface area contributed by atoms with Crippen molar-refractivity contribution in [3.63, 3.8) is 0 Å². The van der Waals surface area contributed by atoms with Gasteiger partial charge in [0.25, 0.3) is 0 Å². The van der Waals surface area contributed by atoms with E-state index in [1.165, 1.54) is 0 Å². The average molecular weight is 320 g/mol. The Morgan fingerprint density at radius 1 is 0.929 bits per heavy atom. The van der Waals surface area contributed by atoms with Crippen LogP contribution in [0.5, 0.6) is 0 Å². The van der Waals surface area contributed by atoms with E-state index >= 15 is 0 Å². The Kier molecular flexibility index (Phi) is 3.02.